The SMILES string of the molecule is CC.COc1cc(N2CCC(N3CCN(C)CC3)CC2)ccc1Nc1ncc(C)c(Nc2ccccc2S(=O)(=O)C(C)C)n1.[HH].[HH]. The number of aromatic nitrogens is 2. The number of para-hydroxylation sites is 1. The molecule has 0 unspecified atom stereocenters. The van der Waals surface area contributed by atoms with Crippen LogP contribution in [0, 0.1) is 6.92 Å². The molecule has 1 aromatic heterocycles. The zero-order chi connectivity index (χ0) is 31.9. The minimum Gasteiger partial charge on any atom is -0.494 e. The van der Waals surface area contributed by atoms with Crippen LogP contribution in [0.5, 0.6) is 5.75 Å². The summed E-state index contributed by atoms with van der Waals surface area (Å²) >= 11 is 0. The van der Waals surface area contributed by atoms with E-state index in [2.05, 4.69) is 54.5 Å². The molecule has 0 spiro atoms. The van der Waals surface area contributed by atoms with Gasteiger partial charge in [0.05, 0.1) is 28.6 Å². The van der Waals surface area contributed by atoms with E-state index >= 15 is 0 Å². The smallest absolute Gasteiger partial charge is 0.229 e. The van der Waals surface area contributed by atoms with Crippen LogP contribution in [0.15, 0.2) is 53.6 Å². The van der Waals surface area contributed by atoms with Crippen LogP contribution in [0.25, 0.3) is 0 Å². The van der Waals surface area contributed by atoms with E-state index in [-0.39, 0.29) is 7.75 Å². The van der Waals surface area contributed by atoms with Gasteiger partial charge in [-0.15, -0.1) is 0 Å². The van der Waals surface area contributed by atoms with Gasteiger partial charge in [0.25, 0.3) is 0 Å². The van der Waals surface area contributed by atoms with Gasteiger partial charge in [0.2, 0.25) is 5.95 Å². The molecular formula is C33H53N7O3S. The van der Waals surface area contributed by atoms with Crippen LogP contribution in [0.4, 0.5) is 28.8 Å². The van der Waals surface area contributed by atoms with Gasteiger partial charge in [0.15, 0.2) is 9.84 Å². The van der Waals surface area contributed by atoms with Gasteiger partial charge in [-0.2, -0.15) is 4.98 Å². The summed E-state index contributed by atoms with van der Waals surface area (Å²) in [5.74, 6) is 1.62. The van der Waals surface area contributed by atoms with Crippen molar-refractivity contribution in [2.75, 3.05) is 69.0 Å². The standard InChI is InChI=1S/C31H43N7O3S.C2H6.2H2/c1-22(2)42(39,40)29-9-7-6-8-27(29)33-30-23(3)21-32-31(35-30)34-26-11-10-25(20-28(26)41-5)37-14-12-24(13-15-37)38-18-16-36(4)17-19-38;1-2;;/h6-11,20-22,24H,12-19H2,1-5H3,(H2,32,33,34,35);1-2H3;2*1H. The summed E-state index contributed by atoms with van der Waals surface area (Å²) in [6.45, 7) is 15.9. The highest BCUT2D eigenvalue weighted by Gasteiger charge is 2.27. The first-order valence-electron chi connectivity index (χ1n) is 15.7. The maximum Gasteiger partial charge on any atom is 0.229 e. The van der Waals surface area contributed by atoms with Gasteiger partial charge in [0, 0.05) is 71.7 Å². The molecule has 11 heteroatoms. The van der Waals surface area contributed by atoms with Crippen molar-refractivity contribution in [2.24, 2.45) is 0 Å². The van der Waals surface area contributed by atoms with Gasteiger partial charge in [-0.1, -0.05) is 26.0 Å². The average Bonchev–Trinajstić information content (AvgIpc) is 3.04. The molecule has 5 rings (SSSR count). The molecule has 44 heavy (non-hydrogen) atoms. The van der Waals surface area contributed by atoms with Crippen LogP contribution in [0.2, 0.25) is 0 Å². The average molecular weight is 628 g/mol. The Balaban J connectivity index is 0.00000181. The number of anilines is 5. The van der Waals surface area contributed by atoms with Crippen LogP contribution >= 0.6 is 0 Å². The van der Waals surface area contributed by atoms with Crippen LogP contribution in [0.1, 0.15) is 49.0 Å². The lowest BCUT2D eigenvalue weighted by atomic mass is 10.0. The first-order valence-corrected chi connectivity index (χ1v) is 17.3. The molecule has 3 aromatic rings. The summed E-state index contributed by atoms with van der Waals surface area (Å²) in [5.41, 5.74) is 3.17. The molecule has 0 aliphatic carbocycles. The molecular weight excluding hydrogens is 574 g/mol. The van der Waals surface area contributed by atoms with Crippen LogP contribution in [-0.4, -0.2) is 92.9 Å². The molecule has 2 aliphatic rings. The number of methoxy groups -OCH3 is 1. The number of benzene rings is 2. The molecule has 2 aromatic carbocycles. The predicted octanol–water partition coefficient (Wildman–Crippen LogP) is 6.20. The van der Waals surface area contributed by atoms with Gasteiger partial charge < -0.3 is 25.2 Å². The Labute approximate surface area is 266 Å². The van der Waals surface area contributed by atoms with Crippen molar-refractivity contribution in [1.82, 2.24) is 19.8 Å². The number of rotatable bonds is 9. The molecule has 0 amide bonds. The van der Waals surface area contributed by atoms with E-state index < -0.39 is 15.1 Å². The summed E-state index contributed by atoms with van der Waals surface area (Å²) in [6, 6.07) is 13.7. The zero-order valence-corrected chi connectivity index (χ0v) is 28.1. The van der Waals surface area contributed by atoms with Gasteiger partial charge in [0.1, 0.15) is 11.6 Å². The number of ether oxygens (including phenoxy) is 1. The predicted molar refractivity (Wildman–Crippen MR) is 185 cm³/mol. The number of nitrogens with one attached hydrogen (secondary N) is 2. The first kappa shape index (κ1) is 33.5. The van der Waals surface area contributed by atoms with Crippen LogP contribution in [0.3, 0.4) is 0 Å². The van der Waals surface area contributed by atoms with E-state index in [4.69, 9.17) is 4.74 Å². The highest BCUT2D eigenvalue weighted by molar-refractivity contribution is 7.92. The lowest BCUT2D eigenvalue weighted by Crippen LogP contribution is -2.52. The largest absolute Gasteiger partial charge is 0.494 e. The number of sulfone groups is 1. The Bertz CT molecular complexity index is 1490. The Morgan fingerprint density at radius 3 is 2.30 bits per heavy atom. The fourth-order valence-corrected chi connectivity index (χ4v) is 6.81. The minimum atomic E-state index is -3.48. The number of hydrogen-bond donors (Lipinski definition) is 2. The Kier molecular flexibility index (Phi) is 11.5. The third kappa shape index (κ3) is 7.80. The Hall–Kier alpha value is -3.41. The topological polar surface area (TPSA) is 103 Å². The summed E-state index contributed by atoms with van der Waals surface area (Å²) in [4.78, 5) is 16.9. The first-order chi connectivity index (χ1) is 21.2. The van der Waals surface area contributed by atoms with Crippen molar-refractivity contribution in [3.05, 3.63) is 54.2 Å². The zero-order valence-electron chi connectivity index (χ0n) is 27.3. The summed E-state index contributed by atoms with van der Waals surface area (Å²) in [5, 5.41) is 5.97. The lowest BCUT2D eigenvalue weighted by molar-refractivity contribution is 0.0982. The number of piperazine rings is 1. The molecule has 0 saturated carbocycles. The number of likely N-dealkylation sites (N-methyl/N-ethyl adjacent to an activating group) is 1. The van der Waals surface area contributed by atoms with Crippen molar-refractivity contribution in [2.45, 2.75) is 63.6 Å². The molecule has 10 nitrogen and oxygen atoms in total. The monoisotopic (exact) mass is 627 g/mol. The third-order valence-electron chi connectivity index (χ3n) is 8.35. The fraction of sp³-hybridized carbons (Fsp3) is 0.515. The molecule has 2 aliphatic heterocycles. The molecule has 2 N–H and O–H groups in total. The van der Waals surface area contributed by atoms with Crippen LogP contribution in [-0.2, 0) is 9.84 Å². The molecule has 0 radical (unpaired) electrons. The maximum atomic E-state index is 12.9. The van der Waals surface area contributed by atoms with Crippen LogP contribution < -0.4 is 20.3 Å². The van der Waals surface area contributed by atoms with E-state index in [1.807, 2.05) is 26.8 Å². The second-order valence-electron chi connectivity index (χ2n) is 11.5. The maximum absolute atomic E-state index is 12.9. The molecule has 244 valence electrons. The normalized spacial score (nSPS) is 16.8. The Morgan fingerprint density at radius 1 is 0.955 bits per heavy atom. The van der Waals surface area contributed by atoms with Crippen molar-refractivity contribution >= 4 is 38.7 Å². The molecule has 0 atom stereocenters. The molecule has 2 saturated heterocycles. The van der Waals surface area contributed by atoms with E-state index in [1.165, 1.54) is 12.8 Å². The number of piperidine rings is 1. The van der Waals surface area contributed by atoms with E-state index in [0.29, 0.717) is 29.2 Å². The number of aryl methyl sites for hydroxylation is 1. The summed E-state index contributed by atoms with van der Waals surface area (Å²) < 4.78 is 31.6. The molecule has 3 heterocycles. The van der Waals surface area contributed by atoms with E-state index in [0.717, 1.165) is 56.2 Å². The summed E-state index contributed by atoms with van der Waals surface area (Å²) in [7, 11) is 0.390. The Morgan fingerprint density at radius 2 is 1.64 bits per heavy atom. The van der Waals surface area contributed by atoms with Gasteiger partial charge in [-0.3, -0.25) is 4.90 Å². The molecule has 2 fully saturated rings. The van der Waals surface area contributed by atoms with Gasteiger partial charge in [-0.25, -0.2) is 13.4 Å². The highest BCUT2D eigenvalue weighted by atomic mass is 32.2. The summed E-state index contributed by atoms with van der Waals surface area (Å²) in [6.07, 6.45) is 4.05. The third-order valence-corrected chi connectivity index (χ3v) is 10.6. The van der Waals surface area contributed by atoms with Gasteiger partial charge >= 0.3 is 0 Å². The van der Waals surface area contributed by atoms with Crippen molar-refractivity contribution in [1.29, 1.82) is 0 Å². The quantitative estimate of drug-likeness (QED) is 0.285. The van der Waals surface area contributed by atoms with Gasteiger partial charge in [-0.05, 0) is 64.9 Å². The fourth-order valence-electron chi connectivity index (χ4n) is 5.60. The van der Waals surface area contributed by atoms with Crippen molar-refractivity contribution in [3.63, 3.8) is 0 Å². The lowest BCUT2D eigenvalue weighted by Gasteiger charge is -2.42. The van der Waals surface area contributed by atoms with Crippen molar-refractivity contribution in [3.8, 4) is 5.75 Å². The van der Waals surface area contributed by atoms with Crippen molar-refractivity contribution < 1.29 is 16.0 Å². The number of hydrogen-bond acceptors (Lipinski definition) is 10. The second-order valence-corrected chi connectivity index (χ2v) is 14.0. The molecule has 0 bridgehead atoms. The van der Waals surface area contributed by atoms with E-state index in [9.17, 15) is 8.42 Å². The second kappa shape index (κ2) is 15.0. The number of nitrogens with zero attached hydrogens (tertiary/aromatic N) is 5. The minimum absolute atomic E-state index is 0. The highest BCUT2D eigenvalue weighted by Crippen LogP contribution is 2.34. The van der Waals surface area contributed by atoms with E-state index in [1.54, 1.807) is 51.4 Å².